The number of hydrogen-bond acceptors (Lipinski definition) is 0. The van der Waals surface area contributed by atoms with Crippen molar-refractivity contribution in [2.75, 3.05) is 0 Å². The summed E-state index contributed by atoms with van der Waals surface area (Å²) >= 11 is 1.49. The van der Waals surface area contributed by atoms with Crippen LogP contribution in [-0.2, 0) is 40.3 Å². The number of aryl methyl sites for hydroxylation is 1. The molecule has 35 heavy (non-hydrogen) atoms. The van der Waals surface area contributed by atoms with Gasteiger partial charge in [0.25, 0.3) is 0 Å². The Morgan fingerprint density at radius 1 is 0.886 bits per heavy atom. The van der Waals surface area contributed by atoms with E-state index in [2.05, 4.69) is 111 Å². The smallest absolute Gasteiger partial charge is 0.0635 e. The summed E-state index contributed by atoms with van der Waals surface area (Å²) in [5.74, 6) is 0. The van der Waals surface area contributed by atoms with Gasteiger partial charge in [0.15, 0.2) is 0 Å². The van der Waals surface area contributed by atoms with Crippen LogP contribution in [0.15, 0.2) is 54.6 Å². The molecule has 0 aromatic heterocycles. The molecule has 1 aliphatic carbocycles. The zero-order chi connectivity index (χ0) is 24.8. The summed E-state index contributed by atoms with van der Waals surface area (Å²) < 4.78 is 0. The first-order valence-electron chi connectivity index (χ1n) is 12.3. The summed E-state index contributed by atoms with van der Waals surface area (Å²) in [5, 5.41) is 0. The first-order chi connectivity index (χ1) is 15.4. The first kappa shape index (κ1) is 34.5. The molecule has 0 N–H and O–H groups in total. The fraction of sp³-hybridized carbons (Fsp3) is 0.452. The van der Waals surface area contributed by atoms with E-state index in [9.17, 15) is 0 Å². The van der Waals surface area contributed by atoms with Crippen molar-refractivity contribution >= 4 is 5.49 Å². The maximum absolute atomic E-state index is 3.67. The third kappa shape index (κ3) is 10.4. The van der Waals surface area contributed by atoms with Crippen LogP contribution in [0, 0.1) is 13.0 Å². The Morgan fingerprint density at radius 2 is 1.49 bits per heavy atom. The van der Waals surface area contributed by atoms with Crippen molar-refractivity contribution in [3.8, 4) is 11.1 Å². The van der Waals surface area contributed by atoms with Crippen LogP contribution in [0.3, 0.4) is 0 Å². The molecule has 4 heteroatoms. The van der Waals surface area contributed by atoms with E-state index in [1.807, 2.05) is 12.1 Å². The Morgan fingerprint density at radius 3 is 1.89 bits per heavy atom. The van der Waals surface area contributed by atoms with Gasteiger partial charge in [0.2, 0.25) is 0 Å². The van der Waals surface area contributed by atoms with E-state index >= 15 is 0 Å². The molecular formula is C31H42Cl2HfSi-2. The molecule has 0 amide bonds. The maximum atomic E-state index is 3.67. The summed E-state index contributed by atoms with van der Waals surface area (Å²) in [7, 11) is 0. The van der Waals surface area contributed by atoms with Gasteiger partial charge in [-0.2, -0.15) is 41.5 Å². The number of hydrogen-bond donors (Lipinski definition) is 0. The van der Waals surface area contributed by atoms with Crippen molar-refractivity contribution in [1.29, 1.82) is 0 Å². The molecule has 0 unspecified atom stereocenters. The molecule has 0 heterocycles. The summed E-state index contributed by atoms with van der Waals surface area (Å²) in [6, 6.07) is 26.4. The predicted molar refractivity (Wildman–Crippen MR) is 144 cm³/mol. The van der Waals surface area contributed by atoms with Crippen molar-refractivity contribution in [1.82, 2.24) is 0 Å². The Hall–Kier alpha value is -0.543. The van der Waals surface area contributed by atoms with Crippen molar-refractivity contribution in [2.24, 2.45) is 0 Å². The second kappa shape index (κ2) is 15.0. The largest absolute Gasteiger partial charge is 1.00 e. The van der Waals surface area contributed by atoms with E-state index in [1.54, 1.807) is 0 Å². The van der Waals surface area contributed by atoms with Gasteiger partial charge >= 0.3 is 54.4 Å². The fourth-order valence-corrected chi connectivity index (χ4v) is 4.25. The average molecular weight is 692 g/mol. The average Bonchev–Trinajstić information content (AvgIpc) is 3.38. The summed E-state index contributed by atoms with van der Waals surface area (Å²) in [5.41, 5.74) is 10.3. The van der Waals surface area contributed by atoms with Crippen molar-refractivity contribution < 1.29 is 47.8 Å². The minimum absolute atomic E-state index is 0. The molecule has 0 nitrogen and oxygen atoms in total. The SMILES string of the molecule is CC(C)(C)c1[c-]c2c(cc1)-c1ccc(C(C)(C)C)cc1C2.CC[Si](=[Hf+2])CC.Cc1ccc[cH-]1.[Cl-].[Cl-]. The Bertz CT molecular complexity index is 987. The van der Waals surface area contributed by atoms with Gasteiger partial charge in [-0.05, 0) is 28.4 Å². The van der Waals surface area contributed by atoms with Crippen molar-refractivity contribution in [3.05, 3.63) is 88.5 Å². The number of halogens is 2. The van der Waals surface area contributed by atoms with E-state index in [0.29, 0.717) is 0 Å². The standard InChI is InChI=1S/C21H25.C6H7.C4H10Si.2ClH.Hf/c1-20(2,3)16-7-9-18-14(12-16)11-15-13-17(21(4,5)6)8-10-19(15)18;1-6-4-2-3-5-6;1-3-5-4-2;;;/h7-10,12H,11H2,1-6H3;2-5H,1H3;3-4H2,1-2H3;2*1H;/q2*-1;;;;+2/p-2. The number of benzene rings is 2. The van der Waals surface area contributed by atoms with Crippen LogP contribution in [0.1, 0.15) is 83.2 Å². The van der Waals surface area contributed by atoms with E-state index in [-0.39, 0.29) is 41.1 Å². The number of fused-ring (bicyclic) bond motifs is 3. The van der Waals surface area contributed by atoms with Crippen LogP contribution in [-0.4, -0.2) is 5.49 Å². The minimum atomic E-state index is 0. The molecule has 0 spiro atoms. The van der Waals surface area contributed by atoms with Crippen LogP contribution >= 0.6 is 0 Å². The Balaban J connectivity index is 0.000000688. The van der Waals surface area contributed by atoms with Crippen LogP contribution in [0.4, 0.5) is 0 Å². The van der Waals surface area contributed by atoms with E-state index in [4.69, 9.17) is 0 Å². The molecule has 0 saturated heterocycles. The zero-order valence-electron chi connectivity index (χ0n) is 23.1. The van der Waals surface area contributed by atoms with Gasteiger partial charge < -0.3 is 24.8 Å². The molecule has 0 fully saturated rings. The molecule has 0 bridgehead atoms. The maximum Gasteiger partial charge on any atom is -0.0635 e. The van der Waals surface area contributed by atoms with Gasteiger partial charge in [-0.1, -0.05) is 72.2 Å². The quantitative estimate of drug-likeness (QED) is 0.224. The topological polar surface area (TPSA) is 0 Å². The first-order valence-corrected chi connectivity index (χ1v) is 19.6. The van der Waals surface area contributed by atoms with E-state index in [1.165, 1.54) is 74.0 Å². The van der Waals surface area contributed by atoms with Gasteiger partial charge in [0.05, 0.1) is 0 Å². The summed E-state index contributed by atoms with van der Waals surface area (Å²) in [4.78, 5) is 0. The molecule has 190 valence electrons. The van der Waals surface area contributed by atoms with Crippen molar-refractivity contribution in [3.63, 3.8) is 0 Å². The second-order valence-corrected chi connectivity index (χ2v) is 21.3. The van der Waals surface area contributed by atoms with Crippen LogP contribution < -0.4 is 24.8 Å². The Kier molecular flexibility index (Phi) is 14.8. The molecular weight excluding hydrogens is 650 g/mol. The van der Waals surface area contributed by atoms with E-state index < -0.39 is 0 Å². The monoisotopic (exact) mass is 692 g/mol. The zero-order valence-corrected chi connectivity index (χ0v) is 29.2. The predicted octanol–water partition coefficient (Wildman–Crippen LogP) is 2.94. The van der Waals surface area contributed by atoms with Crippen LogP contribution in [0.25, 0.3) is 11.1 Å². The molecule has 3 aromatic carbocycles. The third-order valence-electron chi connectivity index (χ3n) is 6.15. The summed E-state index contributed by atoms with van der Waals surface area (Å²) in [6.07, 6.45) is 1.03. The molecule has 1 aliphatic rings. The minimum Gasteiger partial charge on any atom is -1.00 e. The van der Waals surface area contributed by atoms with E-state index in [0.717, 1.165) is 6.42 Å². The second-order valence-electron chi connectivity index (χ2n) is 11.1. The normalized spacial score (nSPS) is 11.4. The molecule has 4 rings (SSSR count). The molecule has 0 radical (unpaired) electrons. The molecule has 0 saturated carbocycles. The molecule has 0 aliphatic heterocycles. The van der Waals surface area contributed by atoms with Crippen LogP contribution in [0.2, 0.25) is 12.1 Å². The van der Waals surface area contributed by atoms with Gasteiger partial charge in [-0.15, -0.1) is 11.1 Å². The fourth-order valence-electron chi connectivity index (χ4n) is 3.75. The van der Waals surface area contributed by atoms with Gasteiger partial charge in [0, 0.05) is 0 Å². The van der Waals surface area contributed by atoms with Gasteiger partial charge in [-0.25, -0.2) is 12.1 Å². The van der Waals surface area contributed by atoms with Crippen LogP contribution in [0.5, 0.6) is 0 Å². The summed E-state index contributed by atoms with van der Waals surface area (Å²) in [6.45, 7) is 20.3. The van der Waals surface area contributed by atoms with Crippen molar-refractivity contribution in [2.45, 2.75) is 91.7 Å². The molecule has 0 atom stereocenters. The Labute approximate surface area is 243 Å². The molecule has 3 aromatic rings. The van der Waals surface area contributed by atoms with Gasteiger partial charge in [0.1, 0.15) is 0 Å². The van der Waals surface area contributed by atoms with Gasteiger partial charge in [-0.3, -0.25) is 0 Å². The number of rotatable bonds is 2. The third-order valence-corrected chi connectivity index (χ3v) is 15.5.